The molecule has 0 aromatic heterocycles. The first-order valence-corrected chi connectivity index (χ1v) is 9.21. The molecular weight excluding hydrogens is 358 g/mol. The number of nitro benzene ring substituents is 1. The largest absolute Gasteiger partial charge is 0.322 e. The van der Waals surface area contributed by atoms with Crippen LogP contribution in [0.2, 0.25) is 0 Å². The molecular formula is C17H19N3O5S. The van der Waals surface area contributed by atoms with Crippen LogP contribution in [-0.2, 0) is 10.0 Å². The first-order valence-electron chi connectivity index (χ1n) is 7.77. The molecule has 0 aliphatic carbocycles. The highest BCUT2D eigenvalue weighted by molar-refractivity contribution is 7.89. The highest BCUT2D eigenvalue weighted by Gasteiger charge is 2.23. The number of amides is 1. The molecule has 0 radical (unpaired) electrons. The Bertz CT molecular complexity index is 924. The lowest BCUT2D eigenvalue weighted by Gasteiger charge is -2.21. The van der Waals surface area contributed by atoms with E-state index in [4.69, 9.17) is 0 Å². The van der Waals surface area contributed by atoms with Gasteiger partial charge in [-0.2, -0.15) is 4.31 Å². The number of rotatable bonds is 6. The average molecular weight is 377 g/mol. The third-order valence-corrected chi connectivity index (χ3v) is 5.88. The van der Waals surface area contributed by atoms with Gasteiger partial charge in [0.25, 0.3) is 11.6 Å². The summed E-state index contributed by atoms with van der Waals surface area (Å²) in [6.07, 6.45) is 0. The molecule has 0 unspecified atom stereocenters. The van der Waals surface area contributed by atoms with Gasteiger partial charge in [-0.1, -0.05) is 6.07 Å². The Balaban J connectivity index is 2.19. The number of nitrogens with zero attached hydrogens (tertiary/aromatic N) is 2. The van der Waals surface area contributed by atoms with Gasteiger partial charge in [0.1, 0.15) is 0 Å². The molecule has 2 aromatic rings. The van der Waals surface area contributed by atoms with Gasteiger partial charge >= 0.3 is 0 Å². The standard InChI is InChI=1S/C17H19N3O5S/c1-12(2)19(3)26(24,25)16-9-7-13(8-10-16)17(21)18-14-5-4-6-15(11-14)20(22)23/h4-12H,1-3H3,(H,18,21). The van der Waals surface area contributed by atoms with E-state index in [0.717, 1.165) is 0 Å². The van der Waals surface area contributed by atoms with Crippen LogP contribution in [0.4, 0.5) is 11.4 Å². The van der Waals surface area contributed by atoms with Crippen molar-refractivity contribution in [3.63, 3.8) is 0 Å². The van der Waals surface area contributed by atoms with Gasteiger partial charge in [0, 0.05) is 36.5 Å². The van der Waals surface area contributed by atoms with Crippen LogP contribution in [0.15, 0.2) is 53.4 Å². The summed E-state index contributed by atoms with van der Waals surface area (Å²) in [5.74, 6) is -0.494. The van der Waals surface area contributed by atoms with Crippen molar-refractivity contribution in [1.82, 2.24) is 4.31 Å². The van der Waals surface area contributed by atoms with Crippen LogP contribution in [-0.4, -0.2) is 36.6 Å². The molecule has 0 fully saturated rings. The van der Waals surface area contributed by atoms with Crippen LogP contribution in [0.1, 0.15) is 24.2 Å². The lowest BCUT2D eigenvalue weighted by atomic mass is 10.2. The van der Waals surface area contributed by atoms with Crippen molar-refractivity contribution < 1.29 is 18.1 Å². The van der Waals surface area contributed by atoms with Gasteiger partial charge in [-0.3, -0.25) is 14.9 Å². The predicted octanol–water partition coefficient (Wildman–Crippen LogP) is 2.88. The predicted molar refractivity (Wildman–Crippen MR) is 97.6 cm³/mol. The van der Waals surface area contributed by atoms with Crippen molar-refractivity contribution in [1.29, 1.82) is 0 Å². The fourth-order valence-corrected chi connectivity index (χ4v) is 3.49. The summed E-state index contributed by atoms with van der Waals surface area (Å²) in [6, 6.07) is 10.9. The molecule has 0 aliphatic heterocycles. The number of hydrogen-bond acceptors (Lipinski definition) is 5. The highest BCUT2D eigenvalue weighted by atomic mass is 32.2. The Kier molecular flexibility index (Phi) is 5.73. The molecule has 0 bridgehead atoms. The van der Waals surface area contributed by atoms with E-state index in [1.807, 2.05) is 0 Å². The molecule has 2 aromatic carbocycles. The summed E-state index contributed by atoms with van der Waals surface area (Å²) >= 11 is 0. The molecule has 1 amide bonds. The number of sulfonamides is 1. The molecule has 9 heteroatoms. The van der Waals surface area contributed by atoms with E-state index in [9.17, 15) is 23.3 Å². The quantitative estimate of drug-likeness (QED) is 0.615. The number of hydrogen-bond donors (Lipinski definition) is 1. The number of nitrogens with one attached hydrogen (secondary N) is 1. The Labute approximate surface area is 151 Å². The molecule has 0 saturated carbocycles. The van der Waals surface area contributed by atoms with Crippen molar-refractivity contribution in [3.8, 4) is 0 Å². The average Bonchev–Trinajstić information content (AvgIpc) is 2.61. The Morgan fingerprint density at radius 2 is 1.77 bits per heavy atom. The first kappa shape index (κ1) is 19.5. The summed E-state index contributed by atoms with van der Waals surface area (Å²) < 4.78 is 26.1. The second kappa shape index (κ2) is 7.63. The maximum absolute atomic E-state index is 12.4. The van der Waals surface area contributed by atoms with Gasteiger partial charge in [0.2, 0.25) is 10.0 Å². The van der Waals surface area contributed by atoms with Crippen LogP contribution in [0.5, 0.6) is 0 Å². The topological polar surface area (TPSA) is 110 Å². The van der Waals surface area contributed by atoms with E-state index in [2.05, 4.69) is 5.32 Å². The Morgan fingerprint density at radius 1 is 1.15 bits per heavy atom. The monoisotopic (exact) mass is 377 g/mol. The van der Waals surface area contributed by atoms with Crippen molar-refractivity contribution in [2.75, 3.05) is 12.4 Å². The third-order valence-electron chi connectivity index (χ3n) is 3.84. The zero-order valence-electron chi connectivity index (χ0n) is 14.5. The molecule has 0 atom stereocenters. The SMILES string of the molecule is CC(C)N(C)S(=O)(=O)c1ccc(C(=O)Nc2cccc([N+](=O)[O-])c2)cc1. The summed E-state index contributed by atoms with van der Waals surface area (Å²) in [6.45, 7) is 3.52. The van der Waals surface area contributed by atoms with E-state index < -0.39 is 20.9 Å². The molecule has 2 rings (SSSR count). The lowest BCUT2D eigenvalue weighted by molar-refractivity contribution is -0.384. The van der Waals surface area contributed by atoms with Gasteiger partial charge in [-0.25, -0.2) is 8.42 Å². The van der Waals surface area contributed by atoms with Gasteiger partial charge in [0.15, 0.2) is 0 Å². The second-order valence-electron chi connectivity index (χ2n) is 5.90. The highest BCUT2D eigenvalue weighted by Crippen LogP contribution is 2.20. The Morgan fingerprint density at radius 3 is 2.31 bits per heavy atom. The molecule has 1 N–H and O–H groups in total. The van der Waals surface area contributed by atoms with Crippen molar-refractivity contribution in [2.45, 2.75) is 24.8 Å². The molecule has 26 heavy (non-hydrogen) atoms. The number of nitro groups is 1. The zero-order valence-corrected chi connectivity index (χ0v) is 15.4. The molecule has 0 heterocycles. The minimum atomic E-state index is -3.63. The smallest absolute Gasteiger partial charge is 0.271 e. The number of carbonyl (C=O) groups excluding carboxylic acids is 1. The number of carbonyl (C=O) groups is 1. The number of benzene rings is 2. The Hall–Kier alpha value is -2.78. The van der Waals surface area contributed by atoms with E-state index in [0.29, 0.717) is 0 Å². The summed E-state index contributed by atoms with van der Waals surface area (Å²) in [5, 5.41) is 13.3. The lowest BCUT2D eigenvalue weighted by Crippen LogP contribution is -2.33. The fourth-order valence-electron chi connectivity index (χ4n) is 2.12. The minimum Gasteiger partial charge on any atom is -0.322 e. The first-order chi connectivity index (χ1) is 12.1. The van der Waals surface area contributed by atoms with Gasteiger partial charge in [-0.05, 0) is 44.2 Å². The van der Waals surface area contributed by atoms with Crippen molar-refractivity contribution in [2.24, 2.45) is 0 Å². The van der Waals surface area contributed by atoms with Crippen LogP contribution < -0.4 is 5.32 Å². The van der Waals surface area contributed by atoms with Gasteiger partial charge < -0.3 is 5.32 Å². The van der Waals surface area contributed by atoms with Crippen LogP contribution in [0.3, 0.4) is 0 Å². The second-order valence-corrected chi connectivity index (χ2v) is 7.90. The summed E-state index contributed by atoms with van der Waals surface area (Å²) in [7, 11) is -2.14. The summed E-state index contributed by atoms with van der Waals surface area (Å²) in [5.41, 5.74) is 0.379. The molecule has 138 valence electrons. The van der Waals surface area contributed by atoms with Crippen LogP contribution >= 0.6 is 0 Å². The van der Waals surface area contributed by atoms with E-state index >= 15 is 0 Å². The summed E-state index contributed by atoms with van der Waals surface area (Å²) in [4.78, 5) is 22.6. The van der Waals surface area contributed by atoms with Crippen LogP contribution in [0.25, 0.3) is 0 Å². The molecule has 8 nitrogen and oxygen atoms in total. The van der Waals surface area contributed by atoms with Crippen molar-refractivity contribution in [3.05, 3.63) is 64.2 Å². The third kappa shape index (κ3) is 4.24. The maximum Gasteiger partial charge on any atom is 0.271 e. The van der Waals surface area contributed by atoms with Crippen LogP contribution in [0, 0.1) is 10.1 Å². The van der Waals surface area contributed by atoms with E-state index in [1.165, 1.54) is 59.9 Å². The van der Waals surface area contributed by atoms with Crippen molar-refractivity contribution >= 4 is 27.3 Å². The fraction of sp³-hybridized carbons (Fsp3) is 0.235. The zero-order chi connectivity index (χ0) is 19.5. The van der Waals surface area contributed by atoms with E-state index in [1.54, 1.807) is 13.8 Å². The molecule has 0 saturated heterocycles. The van der Waals surface area contributed by atoms with Gasteiger partial charge in [0.05, 0.1) is 9.82 Å². The number of non-ortho nitro benzene ring substituents is 1. The molecule has 0 spiro atoms. The molecule has 0 aliphatic rings. The van der Waals surface area contributed by atoms with Gasteiger partial charge in [-0.15, -0.1) is 0 Å². The minimum absolute atomic E-state index is 0.0839. The number of anilines is 1. The van der Waals surface area contributed by atoms with E-state index in [-0.39, 0.29) is 27.9 Å². The maximum atomic E-state index is 12.4. The normalized spacial score (nSPS) is 11.6.